The van der Waals surface area contributed by atoms with Gasteiger partial charge < -0.3 is 15.4 Å². The number of rotatable bonds is 6. The molecule has 1 saturated carbocycles. The van der Waals surface area contributed by atoms with Crippen molar-refractivity contribution in [1.82, 2.24) is 10.6 Å². The molecule has 0 radical (unpaired) electrons. The van der Waals surface area contributed by atoms with E-state index in [1.807, 2.05) is 24.3 Å². The number of aryl methyl sites for hydroxylation is 1. The average molecular weight is 318 g/mol. The SMILES string of the molecule is CCc1ccc(OCCNC(=O)C(=O)NC2CCCCC2)cc1. The number of hydrogen-bond acceptors (Lipinski definition) is 3. The summed E-state index contributed by atoms with van der Waals surface area (Å²) in [4.78, 5) is 23.5. The zero-order chi connectivity index (χ0) is 16.5. The molecule has 0 aliphatic heterocycles. The zero-order valence-electron chi connectivity index (χ0n) is 13.8. The molecule has 126 valence electrons. The van der Waals surface area contributed by atoms with Crippen molar-refractivity contribution in [3.05, 3.63) is 29.8 Å². The van der Waals surface area contributed by atoms with Crippen LogP contribution in [0.1, 0.15) is 44.6 Å². The minimum atomic E-state index is -0.583. The molecule has 2 rings (SSSR count). The number of hydrogen-bond donors (Lipinski definition) is 2. The van der Waals surface area contributed by atoms with E-state index in [9.17, 15) is 9.59 Å². The number of carbonyl (C=O) groups excluding carboxylic acids is 2. The first-order valence-corrected chi connectivity index (χ1v) is 8.49. The number of ether oxygens (including phenoxy) is 1. The Kier molecular flexibility index (Phi) is 6.91. The van der Waals surface area contributed by atoms with Gasteiger partial charge in [-0.2, -0.15) is 0 Å². The first-order chi connectivity index (χ1) is 11.2. The van der Waals surface area contributed by atoms with E-state index in [4.69, 9.17) is 4.74 Å². The van der Waals surface area contributed by atoms with Crippen molar-refractivity contribution < 1.29 is 14.3 Å². The van der Waals surface area contributed by atoms with Crippen LogP contribution in [0, 0.1) is 0 Å². The summed E-state index contributed by atoms with van der Waals surface area (Å²) >= 11 is 0. The van der Waals surface area contributed by atoms with Gasteiger partial charge in [0.2, 0.25) is 0 Å². The van der Waals surface area contributed by atoms with Crippen molar-refractivity contribution in [1.29, 1.82) is 0 Å². The lowest BCUT2D eigenvalue weighted by atomic mass is 9.95. The van der Waals surface area contributed by atoms with Gasteiger partial charge in [-0.05, 0) is 37.0 Å². The van der Waals surface area contributed by atoms with Crippen LogP contribution in [-0.4, -0.2) is 31.0 Å². The van der Waals surface area contributed by atoms with E-state index in [0.29, 0.717) is 13.2 Å². The first kappa shape index (κ1) is 17.3. The molecule has 1 aliphatic rings. The van der Waals surface area contributed by atoms with E-state index in [0.717, 1.165) is 37.9 Å². The molecule has 5 nitrogen and oxygen atoms in total. The van der Waals surface area contributed by atoms with Gasteiger partial charge in [0.25, 0.3) is 0 Å². The van der Waals surface area contributed by atoms with Crippen LogP contribution in [-0.2, 0) is 16.0 Å². The molecule has 2 N–H and O–H groups in total. The summed E-state index contributed by atoms with van der Waals surface area (Å²) in [7, 11) is 0. The second-order valence-electron chi connectivity index (χ2n) is 5.91. The van der Waals surface area contributed by atoms with Crippen molar-refractivity contribution in [2.24, 2.45) is 0 Å². The fourth-order valence-electron chi connectivity index (χ4n) is 2.73. The second kappa shape index (κ2) is 9.18. The lowest BCUT2D eigenvalue weighted by Gasteiger charge is -2.22. The van der Waals surface area contributed by atoms with Crippen LogP contribution in [0.2, 0.25) is 0 Å². The number of benzene rings is 1. The maximum Gasteiger partial charge on any atom is 0.309 e. The van der Waals surface area contributed by atoms with Crippen molar-refractivity contribution >= 4 is 11.8 Å². The van der Waals surface area contributed by atoms with Gasteiger partial charge in [0, 0.05) is 6.04 Å². The van der Waals surface area contributed by atoms with Gasteiger partial charge in [-0.3, -0.25) is 9.59 Å². The van der Waals surface area contributed by atoms with E-state index < -0.39 is 11.8 Å². The smallest absolute Gasteiger partial charge is 0.309 e. The number of amides is 2. The lowest BCUT2D eigenvalue weighted by Crippen LogP contribution is -2.46. The van der Waals surface area contributed by atoms with Crippen LogP contribution in [0.5, 0.6) is 5.75 Å². The van der Waals surface area contributed by atoms with Crippen LogP contribution in [0.3, 0.4) is 0 Å². The summed E-state index contributed by atoms with van der Waals surface area (Å²) in [5, 5.41) is 5.39. The largest absolute Gasteiger partial charge is 0.492 e. The maximum absolute atomic E-state index is 11.8. The van der Waals surface area contributed by atoms with Crippen molar-refractivity contribution in [2.75, 3.05) is 13.2 Å². The minimum Gasteiger partial charge on any atom is -0.492 e. The molecule has 2 amide bonds. The third-order valence-electron chi connectivity index (χ3n) is 4.13. The second-order valence-corrected chi connectivity index (χ2v) is 5.91. The van der Waals surface area contributed by atoms with Crippen molar-refractivity contribution in [2.45, 2.75) is 51.5 Å². The monoisotopic (exact) mass is 318 g/mol. The highest BCUT2D eigenvalue weighted by atomic mass is 16.5. The van der Waals surface area contributed by atoms with Crippen LogP contribution in [0.15, 0.2) is 24.3 Å². The molecule has 0 spiro atoms. The van der Waals surface area contributed by atoms with Crippen LogP contribution in [0.4, 0.5) is 0 Å². The fourth-order valence-corrected chi connectivity index (χ4v) is 2.73. The summed E-state index contributed by atoms with van der Waals surface area (Å²) in [6.45, 7) is 2.75. The Hall–Kier alpha value is -2.04. The predicted octanol–water partition coefficient (Wildman–Crippen LogP) is 2.19. The molecule has 1 fully saturated rings. The molecular weight excluding hydrogens is 292 g/mol. The van der Waals surface area contributed by atoms with Gasteiger partial charge in [-0.15, -0.1) is 0 Å². The molecule has 0 heterocycles. The van der Waals surface area contributed by atoms with E-state index >= 15 is 0 Å². The van der Waals surface area contributed by atoms with E-state index in [-0.39, 0.29) is 6.04 Å². The molecule has 0 unspecified atom stereocenters. The van der Waals surface area contributed by atoms with Gasteiger partial charge in [-0.1, -0.05) is 38.3 Å². The van der Waals surface area contributed by atoms with Crippen molar-refractivity contribution in [3.63, 3.8) is 0 Å². The van der Waals surface area contributed by atoms with Crippen LogP contribution < -0.4 is 15.4 Å². The zero-order valence-corrected chi connectivity index (χ0v) is 13.8. The molecule has 5 heteroatoms. The predicted molar refractivity (Wildman–Crippen MR) is 89.3 cm³/mol. The van der Waals surface area contributed by atoms with E-state index in [1.165, 1.54) is 12.0 Å². The highest BCUT2D eigenvalue weighted by Crippen LogP contribution is 2.17. The van der Waals surface area contributed by atoms with Gasteiger partial charge in [0.1, 0.15) is 12.4 Å². The van der Waals surface area contributed by atoms with Crippen LogP contribution in [0.25, 0.3) is 0 Å². The lowest BCUT2D eigenvalue weighted by molar-refractivity contribution is -0.139. The summed E-state index contributed by atoms with van der Waals surface area (Å²) in [6.07, 6.45) is 6.39. The molecule has 1 aliphatic carbocycles. The first-order valence-electron chi connectivity index (χ1n) is 8.49. The van der Waals surface area contributed by atoms with Gasteiger partial charge >= 0.3 is 11.8 Å². The fraction of sp³-hybridized carbons (Fsp3) is 0.556. The topological polar surface area (TPSA) is 67.4 Å². The third kappa shape index (κ3) is 5.93. The highest BCUT2D eigenvalue weighted by Gasteiger charge is 2.19. The Morgan fingerprint density at radius 3 is 2.43 bits per heavy atom. The number of nitrogens with one attached hydrogen (secondary N) is 2. The number of carbonyl (C=O) groups is 2. The van der Waals surface area contributed by atoms with Gasteiger partial charge in [0.05, 0.1) is 6.54 Å². The standard InChI is InChI=1S/C18H26N2O3/c1-2-14-8-10-16(11-9-14)23-13-12-19-17(21)18(22)20-15-6-4-3-5-7-15/h8-11,15H,2-7,12-13H2,1H3,(H,19,21)(H,20,22). The Morgan fingerprint density at radius 2 is 1.78 bits per heavy atom. The van der Waals surface area contributed by atoms with Gasteiger partial charge in [-0.25, -0.2) is 0 Å². The molecule has 0 saturated heterocycles. The Morgan fingerprint density at radius 1 is 1.09 bits per heavy atom. The maximum atomic E-state index is 11.8. The molecular formula is C18H26N2O3. The molecule has 1 aromatic carbocycles. The van der Waals surface area contributed by atoms with E-state index in [2.05, 4.69) is 17.6 Å². The Bertz CT molecular complexity index is 508. The summed E-state index contributed by atoms with van der Waals surface area (Å²) in [6, 6.07) is 8.01. The molecule has 0 atom stereocenters. The summed E-state index contributed by atoms with van der Waals surface area (Å²) in [5.41, 5.74) is 1.25. The normalized spacial score (nSPS) is 15.0. The molecule has 1 aromatic rings. The minimum absolute atomic E-state index is 0.148. The van der Waals surface area contributed by atoms with Gasteiger partial charge in [0.15, 0.2) is 0 Å². The third-order valence-corrected chi connectivity index (χ3v) is 4.13. The molecule has 0 bridgehead atoms. The summed E-state index contributed by atoms with van der Waals surface area (Å²) in [5.74, 6) is -0.354. The molecule has 23 heavy (non-hydrogen) atoms. The van der Waals surface area contributed by atoms with Crippen LogP contribution >= 0.6 is 0 Å². The van der Waals surface area contributed by atoms with Crippen molar-refractivity contribution in [3.8, 4) is 5.75 Å². The Balaban J connectivity index is 1.62. The quantitative estimate of drug-likeness (QED) is 0.624. The van der Waals surface area contributed by atoms with E-state index in [1.54, 1.807) is 0 Å². The highest BCUT2D eigenvalue weighted by molar-refractivity contribution is 6.35. The average Bonchev–Trinajstić information content (AvgIpc) is 2.60. The molecule has 0 aromatic heterocycles. The summed E-state index contributed by atoms with van der Waals surface area (Å²) < 4.78 is 5.54. The Labute approximate surface area is 137 Å².